The molecule has 0 unspecified atom stereocenters. The van der Waals surface area contributed by atoms with Gasteiger partial charge in [-0.1, -0.05) is 23.6 Å². The van der Waals surface area contributed by atoms with E-state index < -0.39 is 86.6 Å². The fraction of sp³-hybridized carbons (Fsp3) is 0.385. The number of rotatable bonds is 9. The van der Waals surface area contributed by atoms with Crippen molar-refractivity contribution in [2.45, 2.75) is 56.0 Å². The number of hydrogen-bond donors (Lipinski definition) is 3. The molecule has 0 spiro atoms. The SMILES string of the molecule is Cn1nc(NS(C)(=O)=O)c2c(Cl)ccc(-c3ccc(C#C[C@]4(C)CNCCO4)nc3[C@H](Cc3cc(F)cc(F)c3)NC(=O)Cn3nc(C(F)(F)F)c4c3C(F)(F)[C@@H]3C[C@H]43)c21. The van der Waals surface area contributed by atoms with Crippen LogP contribution in [0.25, 0.3) is 22.0 Å². The van der Waals surface area contributed by atoms with E-state index in [1.54, 1.807) is 25.1 Å². The van der Waals surface area contributed by atoms with E-state index in [1.165, 1.54) is 17.8 Å². The average Bonchev–Trinajstić information content (AvgIpc) is 3.68. The largest absolute Gasteiger partial charge is 0.435 e. The molecule has 3 aliphatic rings. The number of carbonyl (C=O) groups is 1. The number of sulfonamides is 1. The molecule has 3 aromatic heterocycles. The fourth-order valence-electron chi connectivity index (χ4n) is 8.03. The van der Waals surface area contributed by atoms with E-state index in [2.05, 4.69) is 37.4 Å². The number of nitrogens with one attached hydrogen (secondary N) is 3. The molecule has 4 atom stereocenters. The number of halogens is 8. The van der Waals surface area contributed by atoms with Gasteiger partial charge < -0.3 is 15.4 Å². The third kappa shape index (κ3) is 7.90. The van der Waals surface area contributed by atoms with Crippen molar-refractivity contribution in [3.63, 3.8) is 0 Å². The molecule has 4 heterocycles. The van der Waals surface area contributed by atoms with Gasteiger partial charge in [-0.3, -0.25) is 18.9 Å². The maximum absolute atomic E-state index is 15.5. The van der Waals surface area contributed by atoms with Crippen LogP contribution in [-0.4, -0.2) is 70.4 Å². The van der Waals surface area contributed by atoms with Gasteiger partial charge in [-0.2, -0.15) is 32.1 Å². The van der Waals surface area contributed by atoms with Crippen molar-refractivity contribution in [1.29, 1.82) is 0 Å². The first-order chi connectivity index (χ1) is 28.1. The second kappa shape index (κ2) is 14.7. The average molecular weight is 879 g/mol. The monoisotopic (exact) mass is 878 g/mol. The zero-order valence-electron chi connectivity index (χ0n) is 31.8. The highest BCUT2D eigenvalue weighted by Gasteiger charge is 2.68. The Morgan fingerprint density at radius 2 is 1.83 bits per heavy atom. The van der Waals surface area contributed by atoms with Gasteiger partial charge in [0, 0.05) is 48.8 Å². The Bertz CT molecular complexity index is 2740. The molecular weight excluding hydrogens is 845 g/mol. The van der Waals surface area contributed by atoms with Gasteiger partial charge in [0.2, 0.25) is 15.9 Å². The Labute approximate surface area is 342 Å². The van der Waals surface area contributed by atoms with Crippen LogP contribution in [-0.2, 0) is 51.7 Å². The van der Waals surface area contributed by atoms with Crippen molar-refractivity contribution >= 4 is 44.3 Å². The second-order valence-electron chi connectivity index (χ2n) is 15.2. The molecule has 60 heavy (non-hydrogen) atoms. The highest BCUT2D eigenvalue weighted by Crippen LogP contribution is 2.68. The number of amides is 1. The number of pyridine rings is 1. The van der Waals surface area contributed by atoms with Crippen LogP contribution in [0.5, 0.6) is 0 Å². The van der Waals surface area contributed by atoms with Gasteiger partial charge >= 0.3 is 6.18 Å². The molecule has 1 aliphatic heterocycles. The predicted octanol–water partition coefficient (Wildman–Crippen LogP) is 6.19. The summed E-state index contributed by atoms with van der Waals surface area (Å²) in [7, 11) is -2.33. The first-order valence-corrected chi connectivity index (χ1v) is 20.7. The molecule has 12 nitrogen and oxygen atoms in total. The van der Waals surface area contributed by atoms with Gasteiger partial charge in [-0.05, 0) is 67.5 Å². The summed E-state index contributed by atoms with van der Waals surface area (Å²) >= 11 is 6.61. The summed E-state index contributed by atoms with van der Waals surface area (Å²) < 4.78 is 137. The molecule has 0 radical (unpaired) electrons. The van der Waals surface area contributed by atoms with E-state index in [4.69, 9.17) is 21.3 Å². The predicted molar refractivity (Wildman–Crippen MR) is 204 cm³/mol. The van der Waals surface area contributed by atoms with Crippen LogP contribution >= 0.6 is 11.6 Å². The summed E-state index contributed by atoms with van der Waals surface area (Å²) in [5.41, 5.74) is -2.98. The van der Waals surface area contributed by atoms with Crippen LogP contribution in [0.1, 0.15) is 59.2 Å². The number of nitrogens with zero attached hydrogens (tertiary/aromatic N) is 5. The molecule has 1 saturated heterocycles. The Morgan fingerprint density at radius 3 is 2.50 bits per heavy atom. The summed E-state index contributed by atoms with van der Waals surface area (Å²) in [6, 6.07) is 7.46. The van der Waals surface area contributed by atoms with Crippen molar-refractivity contribution in [2.24, 2.45) is 13.0 Å². The van der Waals surface area contributed by atoms with E-state index in [9.17, 15) is 35.2 Å². The minimum Gasteiger partial charge on any atom is -0.360 e. The van der Waals surface area contributed by atoms with Crippen LogP contribution in [0.2, 0.25) is 5.02 Å². The molecule has 0 bridgehead atoms. The number of aromatic nitrogens is 5. The number of fused-ring (bicyclic) bond motifs is 4. The second-order valence-corrected chi connectivity index (χ2v) is 17.4. The van der Waals surface area contributed by atoms with E-state index in [0.717, 1.165) is 18.4 Å². The maximum atomic E-state index is 15.5. The number of alkyl halides is 5. The summed E-state index contributed by atoms with van der Waals surface area (Å²) in [6.07, 6.45) is -4.68. The lowest BCUT2D eigenvalue weighted by molar-refractivity contribution is -0.142. The summed E-state index contributed by atoms with van der Waals surface area (Å²) in [5, 5.41) is 13.9. The lowest BCUT2D eigenvalue weighted by Crippen LogP contribution is -2.46. The molecule has 3 N–H and O–H groups in total. The van der Waals surface area contributed by atoms with Gasteiger partial charge in [-0.25, -0.2) is 22.2 Å². The van der Waals surface area contributed by atoms with Crippen LogP contribution in [0, 0.1) is 29.4 Å². The minimum atomic E-state index is -5.08. The molecule has 2 aromatic carbocycles. The number of morpholine rings is 1. The molecule has 2 fully saturated rings. The zero-order valence-corrected chi connectivity index (χ0v) is 33.4. The highest BCUT2D eigenvalue weighted by molar-refractivity contribution is 7.92. The number of aryl methyl sites for hydroxylation is 1. The third-order valence-corrected chi connectivity index (χ3v) is 11.5. The van der Waals surface area contributed by atoms with Crippen molar-refractivity contribution in [1.82, 2.24) is 35.2 Å². The molecule has 5 aromatic rings. The number of ether oxygens (including phenoxy) is 1. The van der Waals surface area contributed by atoms with Gasteiger partial charge in [0.25, 0.3) is 5.92 Å². The Kier molecular flexibility index (Phi) is 10.2. The normalized spacial score (nSPS) is 21.2. The van der Waals surface area contributed by atoms with Crippen LogP contribution in [0.4, 0.5) is 36.6 Å². The lowest BCUT2D eigenvalue weighted by atomic mass is 9.93. The molecule has 8 rings (SSSR count). The first-order valence-electron chi connectivity index (χ1n) is 18.4. The van der Waals surface area contributed by atoms with Crippen LogP contribution in [0.15, 0.2) is 42.5 Å². The van der Waals surface area contributed by atoms with E-state index in [-0.39, 0.29) is 51.6 Å². The van der Waals surface area contributed by atoms with E-state index in [0.29, 0.717) is 41.5 Å². The maximum Gasteiger partial charge on any atom is 0.435 e. The summed E-state index contributed by atoms with van der Waals surface area (Å²) in [5.74, 6) is -3.15. The first kappa shape index (κ1) is 41.5. The van der Waals surface area contributed by atoms with Gasteiger partial charge in [0.05, 0.1) is 40.5 Å². The fourth-order valence-corrected chi connectivity index (χ4v) is 8.77. The molecule has 2 aliphatic carbocycles. The van der Waals surface area contributed by atoms with Gasteiger partial charge in [-0.15, -0.1) is 0 Å². The lowest BCUT2D eigenvalue weighted by Gasteiger charge is -2.29. The van der Waals surface area contributed by atoms with Crippen LogP contribution in [0.3, 0.4) is 0 Å². The molecule has 1 amide bonds. The summed E-state index contributed by atoms with van der Waals surface area (Å²) in [4.78, 5) is 18.8. The van der Waals surface area contributed by atoms with Gasteiger partial charge in [0.15, 0.2) is 11.5 Å². The van der Waals surface area contributed by atoms with Crippen molar-refractivity contribution in [3.8, 4) is 23.0 Å². The minimum absolute atomic E-state index is 0.0170. The number of carbonyl (C=O) groups excluding carboxylic acids is 1. The van der Waals surface area contributed by atoms with Crippen molar-refractivity contribution in [3.05, 3.63) is 93.0 Å². The number of anilines is 1. The third-order valence-electron chi connectivity index (χ3n) is 10.6. The van der Waals surface area contributed by atoms with Gasteiger partial charge in [0.1, 0.15) is 35.2 Å². The van der Waals surface area contributed by atoms with E-state index >= 15 is 8.78 Å². The Hall–Kier alpha value is -5.23. The summed E-state index contributed by atoms with van der Waals surface area (Å²) in [6.45, 7) is 2.06. The van der Waals surface area contributed by atoms with Crippen LogP contribution < -0.4 is 15.4 Å². The number of benzene rings is 2. The van der Waals surface area contributed by atoms with Crippen molar-refractivity contribution in [2.75, 3.05) is 30.7 Å². The quantitative estimate of drug-likeness (QED) is 0.118. The molecule has 21 heteroatoms. The standard InChI is InChI=1S/C39H34ClF7N8O4S/c1-37(18-48-10-11-59-37)9-8-22-4-5-23(24-6-7-27(40)31-33(24)54(2)52-36(31)53-60(3,57)58)32(49-22)28(14-19-12-20(41)15-21(42)13-19)50-29(56)17-55-35-30(34(51-55)39(45,46)47)25-16-26(25)38(35,43)44/h4-7,12-13,15,25-26,28,48H,10-11,14,16-18H2,1-3H3,(H,50,56)(H,52,53)/t25-,26+,28-,37+/m0/s1. The molecule has 316 valence electrons. The topological polar surface area (TPSA) is 145 Å². The molecular formula is C39H34ClF7N8O4S. The van der Waals surface area contributed by atoms with E-state index in [1.807, 2.05) is 0 Å². The number of hydrogen-bond acceptors (Lipinski definition) is 8. The Morgan fingerprint density at radius 1 is 1.12 bits per heavy atom. The Balaban J connectivity index is 1.28. The highest BCUT2D eigenvalue weighted by atomic mass is 35.5. The smallest absolute Gasteiger partial charge is 0.360 e. The molecule has 1 saturated carbocycles. The van der Waals surface area contributed by atoms with Crippen molar-refractivity contribution < 1.29 is 48.7 Å². The zero-order chi connectivity index (χ0) is 43.1.